The van der Waals surface area contributed by atoms with Gasteiger partial charge in [0.05, 0.1) is 12.8 Å². The number of unbranched alkanes of at least 4 members (excludes halogenated alkanes) is 18. The Morgan fingerprint density at radius 2 is 0.880 bits per heavy atom. The van der Waals surface area contributed by atoms with E-state index in [0.717, 1.165) is 83.5 Å². The second-order valence-electron chi connectivity index (χ2n) is 13.7. The fraction of sp³-hybridized carbons (Fsp3) is 0.800. The molecule has 0 fully saturated rings. The van der Waals surface area contributed by atoms with E-state index >= 15 is 0 Å². The summed E-state index contributed by atoms with van der Waals surface area (Å²) >= 11 is 0. The molecule has 0 aliphatic heterocycles. The van der Waals surface area contributed by atoms with Gasteiger partial charge in [-0.15, -0.1) is 0 Å². The lowest BCUT2D eigenvalue weighted by molar-refractivity contribution is -0.0623. The fourth-order valence-corrected chi connectivity index (χ4v) is 7.35. The highest BCUT2D eigenvalue weighted by Crippen LogP contribution is 2.55. The molecule has 50 heavy (non-hydrogen) atoms. The SMILES string of the molecule is CCCCCC=CCC=CCCCCCCCCOCC(CCP(=O)(O)O)(OCCCCCCCCC=CCC=CCCCCC)P(=O)(O)O. The molecule has 0 amide bonds. The molecular formula is C40H76O8P2. The van der Waals surface area contributed by atoms with Crippen molar-refractivity contribution in [3.63, 3.8) is 0 Å². The fourth-order valence-electron chi connectivity index (χ4n) is 5.60. The Hall–Kier alpha value is -0.820. The predicted molar refractivity (Wildman–Crippen MR) is 212 cm³/mol. The lowest BCUT2D eigenvalue weighted by atomic mass is 10.1. The highest BCUT2D eigenvalue weighted by molar-refractivity contribution is 7.54. The van der Waals surface area contributed by atoms with Crippen molar-refractivity contribution in [2.75, 3.05) is 26.0 Å². The largest absolute Gasteiger partial charge is 0.378 e. The van der Waals surface area contributed by atoms with Crippen molar-refractivity contribution < 1.29 is 38.2 Å². The molecule has 294 valence electrons. The molecule has 0 rings (SSSR count). The van der Waals surface area contributed by atoms with Gasteiger partial charge in [0.2, 0.25) is 0 Å². The van der Waals surface area contributed by atoms with Crippen molar-refractivity contribution >= 4 is 15.2 Å². The minimum Gasteiger partial charge on any atom is -0.378 e. The molecule has 0 bridgehead atoms. The maximum absolute atomic E-state index is 12.6. The maximum Gasteiger partial charge on any atom is 0.359 e. The van der Waals surface area contributed by atoms with Crippen LogP contribution in [0.1, 0.15) is 174 Å². The molecule has 0 heterocycles. The Morgan fingerprint density at radius 1 is 0.500 bits per heavy atom. The normalized spacial score (nSPS) is 14.3. The van der Waals surface area contributed by atoms with Gasteiger partial charge in [-0.3, -0.25) is 9.13 Å². The molecule has 0 aliphatic rings. The van der Waals surface area contributed by atoms with Crippen LogP contribution in [0.25, 0.3) is 0 Å². The van der Waals surface area contributed by atoms with E-state index in [1.165, 1.54) is 64.2 Å². The van der Waals surface area contributed by atoms with Crippen LogP contribution in [0.2, 0.25) is 0 Å². The van der Waals surface area contributed by atoms with Gasteiger partial charge in [-0.2, -0.15) is 0 Å². The summed E-state index contributed by atoms with van der Waals surface area (Å²) in [5, 5.41) is -2.05. The maximum atomic E-state index is 12.6. The molecule has 10 heteroatoms. The van der Waals surface area contributed by atoms with E-state index in [1.54, 1.807) is 0 Å². The number of ether oxygens (including phenoxy) is 2. The van der Waals surface area contributed by atoms with Crippen LogP contribution in [0.15, 0.2) is 48.6 Å². The molecule has 0 saturated heterocycles. The zero-order valence-corrected chi connectivity index (χ0v) is 33.7. The van der Waals surface area contributed by atoms with Gasteiger partial charge in [-0.25, -0.2) is 0 Å². The summed E-state index contributed by atoms with van der Waals surface area (Å²) in [6, 6.07) is 0. The molecule has 8 nitrogen and oxygen atoms in total. The Morgan fingerprint density at radius 3 is 1.28 bits per heavy atom. The Kier molecular flexibility index (Phi) is 33.4. The second-order valence-corrected chi connectivity index (χ2v) is 17.4. The van der Waals surface area contributed by atoms with Gasteiger partial charge < -0.3 is 29.0 Å². The molecule has 0 aromatic carbocycles. The third-order valence-corrected chi connectivity index (χ3v) is 11.2. The molecule has 0 aromatic heterocycles. The number of hydrogen-bond donors (Lipinski definition) is 4. The van der Waals surface area contributed by atoms with E-state index in [4.69, 9.17) is 9.47 Å². The van der Waals surface area contributed by atoms with Crippen LogP contribution in [0.5, 0.6) is 0 Å². The van der Waals surface area contributed by atoms with Gasteiger partial charge in [0.1, 0.15) is 0 Å². The van der Waals surface area contributed by atoms with Crippen LogP contribution in [0.4, 0.5) is 0 Å². The van der Waals surface area contributed by atoms with Crippen LogP contribution in [-0.2, 0) is 18.6 Å². The van der Waals surface area contributed by atoms with Gasteiger partial charge in [0.25, 0.3) is 0 Å². The third kappa shape index (κ3) is 31.9. The zero-order chi connectivity index (χ0) is 37.1. The molecule has 0 aliphatic carbocycles. The topological polar surface area (TPSA) is 134 Å². The van der Waals surface area contributed by atoms with E-state index in [-0.39, 0.29) is 13.2 Å². The molecule has 0 saturated carbocycles. The smallest absolute Gasteiger partial charge is 0.359 e. The van der Waals surface area contributed by atoms with Crippen molar-refractivity contribution in [3.05, 3.63) is 48.6 Å². The highest BCUT2D eigenvalue weighted by Gasteiger charge is 2.49. The van der Waals surface area contributed by atoms with E-state index in [2.05, 4.69) is 62.5 Å². The summed E-state index contributed by atoms with van der Waals surface area (Å²) in [4.78, 5) is 39.4. The van der Waals surface area contributed by atoms with E-state index in [9.17, 15) is 28.7 Å². The predicted octanol–water partition coefficient (Wildman–Crippen LogP) is 12.1. The molecule has 1 atom stereocenters. The molecule has 0 aromatic rings. The highest BCUT2D eigenvalue weighted by atomic mass is 31.2. The van der Waals surface area contributed by atoms with Crippen molar-refractivity contribution in [1.82, 2.24) is 0 Å². The summed E-state index contributed by atoms with van der Waals surface area (Å²) < 4.78 is 35.7. The summed E-state index contributed by atoms with van der Waals surface area (Å²) in [6.45, 7) is 4.48. The first-order chi connectivity index (χ1) is 24.1. The van der Waals surface area contributed by atoms with Gasteiger partial charge in [-0.1, -0.05) is 140 Å². The monoisotopic (exact) mass is 747 g/mol. The van der Waals surface area contributed by atoms with Gasteiger partial charge in [0.15, 0.2) is 5.34 Å². The van der Waals surface area contributed by atoms with Gasteiger partial charge in [0, 0.05) is 19.6 Å². The van der Waals surface area contributed by atoms with Gasteiger partial charge in [-0.05, 0) is 77.0 Å². The molecule has 4 N–H and O–H groups in total. The molecule has 0 spiro atoms. The Labute approximate surface area is 307 Å². The van der Waals surface area contributed by atoms with E-state index in [0.29, 0.717) is 13.0 Å². The van der Waals surface area contributed by atoms with Crippen LogP contribution >= 0.6 is 15.2 Å². The standard InChI is InChI=1S/C40H76O8P2/c1-3-5-7-9-11-13-15-17-19-21-23-25-27-29-31-33-36-47-39-40(50(44,45)46,35-38-49(41,42)43)48-37-34-32-30-28-26-24-22-20-18-16-14-12-10-8-6-4-2/h11-14,17-20H,3-10,15-16,21-39H2,1-2H3,(H2,41,42,43)(H2,44,45,46). The van der Waals surface area contributed by atoms with Crippen LogP contribution in [0, 0.1) is 0 Å². The third-order valence-electron chi connectivity index (χ3n) is 8.86. The van der Waals surface area contributed by atoms with Crippen LogP contribution in [0.3, 0.4) is 0 Å². The average Bonchev–Trinajstić information content (AvgIpc) is 3.06. The summed E-state index contributed by atoms with van der Waals surface area (Å²) in [7, 11) is -9.37. The van der Waals surface area contributed by atoms with Gasteiger partial charge >= 0.3 is 15.2 Å². The summed E-state index contributed by atoms with van der Waals surface area (Å²) in [5.74, 6) is 0. The van der Waals surface area contributed by atoms with Crippen molar-refractivity contribution in [2.45, 2.75) is 180 Å². The number of rotatable bonds is 37. The summed E-state index contributed by atoms with van der Waals surface area (Å²) in [6.07, 6.45) is 43.2. The van der Waals surface area contributed by atoms with E-state index < -0.39 is 33.1 Å². The zero-order valence-electron chi connectivity index (χ0n) is 31.9. The molecule has 0 radical (unpaired) electrons. The van der Waals surface area contributed by atoms with Crippen molar-refractivity contribution in [3.8, 4) is 0 Å². The Bertz CT molecular complexity index is 968. The van der Waals surface area contributed by atoms with Crippen molar-refractivity contribution in [1.29, 1.82) is 0 Å². The number of allylic oxidation sites excluding steroid dienone is 8. The lowest BCUT2D eigenvalue weighted by Crippen LogP contribution is -2.39. The Balaban J connectivity index is 4.28. The first-order valence-corrected chi connectivity index (χ1v) is 23.4. The average molecular weight is 747 g/mol. The molecular weight excluding hydrogens is 670 g/mol. The lowest BCUT2D eigenvalue weighted by Gasteiger charge is -2.34. The van der Waals surface area contributed by atoms with Crippen LogP contribution in [-0.4, -0.2) is 50.9 Å². The number of hydrogen-bond acceptors (Lipinski definition) is 4. The second kappa shape index (κ2) is 34.0. The first-order valence-electron chi connectivity index (χ1n) is 20.0. The quantitative estimate of drug-likeness (QED) is 0.0280. The minimum atomic E-state index is -4.89. The molecule has 1 unspecified atom stereocenters. The summed E-state index contributed by atoms with van der Waals surface area (Å²) in [5.41, 5.74) is 0. The minimum absolute atomic E-state index is 0.106. The van der Waals surface area contributed by atoms with Crippen LogP contribution < -0.4 is 0 Å². The van der Waals surface area contributed by atoms with Crippen molar-refractivity contribution in [2.24, 2.45) is 0 Å². The van der Waals surface area contributed by atoms with E-state index in [1.807, 2.05) is 0 Å². The first kappa shape index (κ1) is 49.2.